The number of benzene rings is 1. The van der Waals surface area contributed by atoms with Crippen LogP contribution < -0.4 is 0 Å². The van der Waals surface area contributed by atoms with E-state index in [-0.39, 0.29) is 5.54 Å². The van der Waals surface area contributed by atoms with Crippen molar-refractivity contribution >= 4 is 33.5 Å². The van der Waals surface area contributed by atoms with Crippen LogP contribution in [-0.4, -0.2) is 21.4 Å². The molecule has 2 rings (SSSR count). The minimum absolute atomic E-state index is 0.206. The van der Waals surface area contributed by atoms with E-state index < -0.39 is 0 Å². The molecule has 0 N–H and O–H groups in total. The first-order valence-corrected chi connectivity index (χ1v) is 7.97. The Morgan fingerprint density at radius 2 is 2.00 bits per heavy atom. The number of thiazole rings is 1. The molecule has 1 heterocycles. The lowest BCUT2D eigenvalue weighted by atomic mass is 10.0. The molecule has 0 fully saturated rings. The van der Waals surface area contributed by atoms with Crippen LogP contribution in [0, 0.1) is 0 Å². The predicted octanol–water partition coefficient (Wildman–Crippen LogP) is 4.81. The van der Waals surface area contributed by atoms with Crippen molar-refractivity contribution in [1.29, 1.82) is 0 Å². The lowest BCUT2D eigenvalue weighted by Crippen LogP contribution is -2.38. The SMILES string of the molecule is CCN(Sc1nc2ccccc2s1)C(C)(C)CC. The molecular weight excluding hydrogens is 260 g/mol. The fraction of sp³-hybridized carbons (Fsp3) is 0.500. The highest BCUT2D eigenvalue weighted by Crippen LogP contribution is 2.35. The highest BCUT2D eigenvalue weighted by molar-refractivity contribution is 7.99. The molecule has 2 aromatic rings. The normalized spacial score (nSPS) is 12.5. The third-order valence-corrected chi connectivity index (χ3v) is 5.82. The van der Waals surface area contributed by atoms with Crippen LogP contribution in [-0.2, 0) is 0 Å². The van der Waals surface area contributed by atoms with Crippen LogP contribution in [0.3, 0.4) is 0 Å². The fourth-order valence-corrected chi connectivity index (χ4v) is 4.00. The van der Waals surface area contributed by atoms with Crippen LogP contribution in [0.25, 0.3) is 10.2 Å². The third kappa shape index (κ3) is 2.87. The molecule has 1 aromatic carbocycles. The van der Waals surface area contributed by atoms with Crippen LogP contribution in [0.1, 0.15) is 34.1 Å². The minimum Gasteiger partial charge on any atom is -0.239 e. The number of para-hydroxylation sites is 1. The van der Waals surface area contributed by atoms with Crippen molar-refractivity contribution in [2.75, 3.05) is 6.54 Å². The monoisotopic (exact) mass is 280 g/mol. The molecule has 0 aliphatic heterocycles. The van der Waals surface area contributed by atoms with Gasteiger partial charge in [-0.25, -0.2) is 9.29 Å². The van der Waals surface area contributed by atoms with Gasteiger partial charge in [0.05, 0.1) is 10.2 Å². The number of fused-ring (bicyclic) bond motifs is 1. The first-order valence-electron chi connectivity index (χ1n) is 6.38. The maximum atomic E-state index is 4.69. The van der Waals surface area contributed by atoms with E-state index in [1.807, 2.05) is 6.07 Å². The lowest BCUT2D eigenvalue weighted by Gasteiger charge is -2.35. The van der Waals surface area contributed by atoms with Gasteiger partial charge in [0.1, 0.15) is 0 Å². The molecule has 0 unspecified atom stereocenters. The molecule has 0 amide bonds. The summed E-state index contributed by atoms with van der Waals surface area (Å²) >= 11 is 3.56. The number of hydrogen-bond acceptors (Lipinski definition) is 4. The van der Waals surface area contributed by atoms with Crippen molar-refractivity contribution in [3.05, 3.63) is 24.3 Å². The smallest absolute Gasteiger partial charge is 0.166 e. The maximum Gasteiger partial charge on any atom is 0.166 e. The van der Waals surface area contributed by atoms with E-state index in [0.717, 1.165) is 22.8 Å². The van der Waals surface area contributed by atoms with E-state index >= 15 is 0 Å². The van der Waals surface area contributed by atoms with E-state index in [1.165, 1.54) is 4.70 Å². The third-order valence-electron chi connectivity index (χ3n) is 3.29. The standard InChI is InChI=1S/C14H20N2S2/c1-5-14(3,4)16(6-2)18-13-15-11-9-7-8-10-12(11)17-13/h7-10H,5-6H2,1-4H3. The van der Waals surface area contributed by atoms with E-state index in [1.54, 1.807) is 23.3 Å². The van der Waals surface area contributed by atoms with Gasteiger partial charge in [0, 0.05) is 12.1 Å². The summed E-state index contributed by atoms with van der Waals surface area (Å²) in [7, 11) is 0. The number of aromatic nitrogens is 1. The highest BCUT2D eigenvalue weighted by atomic mass is 32.2. The highest BCUT2D eigenvalue weighted by Gasteiger charge is 2.25. The van der Waals surface area contributed by atoms with Gasteiger partial charge >= 0.3 is 0 Å². The summed E-state index contributed by atoms with van der Waals surface area (Å²) in [6, 6.07) is 8.34. The van der Waals surface area contributed by atoms with Gasteiger partial charge < -0.3 is 0 Å². The molecule has 98 valence electrons. The van der Waals surface area contributed by atoms with Gasteiger partial charge in [0.15, 0.2) is 4.34 Å². The van der Waals surface area contributed by atoms with Gasteiger partial charge in [-0.1, -0.05) is 26.0 Å². The molecule has 2 nitrogen and oxygen atoms in total. The second kappa shape index (κ2) is 5.59. The van der Waals surface area contributed by atoms with E-state index in [2.05, 4.69) is 55.2 Å². The summed E-state index contributed by atoms with van der Waals surface area (Å²) in [4.78, 5) is 4.69. The van der Waals surface area contributed by atoms with Crippen LogP contribution >= 0.6 is 23.3 Å². The van der Waals surface area contributed by atoms with Crippen LogP contribution in [0.2, 0.25) is 0 Å². The molecular formula is C14H20N2S2. The molecule has 1 aromatic heterocycles. The summed E-state index contributed by atoms with van der Waals surface area (Å²) in [5, 5.41) is 0. The molecule has 0 saturated heterocycles. The number of nitrogens with zero attached hydrogens (tertiary/aromatic N) is 2. The Balaban J connectivity index is 2.21. The van der Waals surface area contributed by atoms with Crippen LogP contribution in [0.5, 0.6) is 0 Å². The zero-order valence-electron chi connectivity index (χ0n) is 11.4. The molecule has 0 aliphatic carbocycles. The quantitative estimate of drug-likeness (QED) is 0.731. The van der Waals surface area contributed by atoms with E-state index in [0.29, 0.717) is 0 Å². The summed E-state index contributed by atoms with van der Waals surface area (Å²) < 4.78 is 4.83. The summed E-state index contributed by atoms with van der Waals surface area (Å²) in [5.41, 5.74) is 1.31. The van der Waals surface area contributed by atoms with Crippen molar-refractivity contribution in [3.63, 3.8) is 0 Å². The van der Waals surface area contributed by atoms with Gasteiger partial charge in [0.2, 0.25) is 0 Å². The van der Waals surface area contributed by atoms with Crippen molar-refractivity contribution in [1.82, 2.24) is 9.29 Å². The lowest BCUT2D eigenvalue weighted by molar-refractivity contribution is 0.250. The average Bonchev–Trinajstić information content (AvgIpc) is 2.78. The van der Waals surface area contributed by atoms with Crippen molar-refractivity contribution < 1.29 is 0 Å². The summed E-state index contributed by atoms with van der Waals surface area (Å²) in [5.74, 6) is 0. The van der Waals surface area contributed by atoms with Crippen LogP contribution in [0.15, 0.2) is 28.6 Å². The van der Waals surface area contributed by atoms with Crippen LogP contribution in [0.4, 0.5) is 0 Å². The Morgan fingerprint density at radius 1 is 1.28 bits per heavy atom. The Morgan fingerprint density at radius 3 is 2.61 bits per heavy atom. The Labute approximate surface area is 118 Å². The van der Waals surface area contributed by atoms with Gasteiger partial charge in [-0.2, -0.15) is 0 Å². The van der Waals surface area contributed by atoms with Crippen molar-refractivity contribution in [2.24, 2.45) is 0 Å². The minimum atomic E-state index is 0.206. The summed E-state index contributed by atoms with van der Waals surface area (Å²) in [6.07, 6.45) is 1.14. The zero-order valence-corrected chi connectivity index (χ0v) is 13.1. The average molecular weight is 280 g/mol. The number of hydrogen-bond donors (Lipinski definition) is 0. The largest absolute Gasteiger partial charge is 0.239 e. The molecule has 0 spiro atoms. The molecule has 0 atom stereocenters. The first-order chi connectivity index (χ1) is 8.56. The molecule has 18 heavy (non-hydrogen) atoms. The van der Waals surface area contributed by atoms with Gasteiger partial charge in [-0.15, -0.1) is 11.3 Å². The summed E-state index contributed by atoms with van der Waals surface area (Å²) in [6.45, 7) is 10.0. The Kier molecular flexibility index (Phi) is 4.30. The van der Waals surface area contributed by atoms with Crippen molar-refractivity contribution in [2.45, 2.75) is 44.0 Å². The Hall–Kier alpha value is -0.580. The molecule has 0 bridgehead atoms. The number of rotatable bonds is 5. The maximum absolute atomic E-state index is 4.69. The Bertz CT molecular complexity index is 486. The first kappa shape index (κ1) is 13.8. The fourth-order valence-electron chi connectivity index (χ4n) is 1.78. The van der Waals surface area contributed by atoms with Gasteiger partial charge in [0.25, 0.3) is 0 Å². The predicted molar refractivity (Wildman–Crippen MR) is 82.2 cm³/mol. The molecule has 0 aliphatic rings. The topological polar surface area (TPSA) is 16.1 Å². The van der Waals surface area contributed by atoms with Gasteiger partial charge in [-0.05, 0) is 44.3 Å². The van der Waals surface area contributed by atoms with Crippen molar-refractivity contribution in [3.8, 4) is 0 Å². The molecule has 4 heteroatoms. The zero-order chi connectivity index (χ0) is 13.2. The second-order valence-electron chi connectivity index (χ2n) is 4.90. The van der Waals surface area contributed by atoms with Gasteiger partial charge in [-0.3, -0.25) is 0 Å². The molecule has 0 radical (unpaired) electrons. The molecule has 0 saturated carbocycles. The van der Waals surface area contributed by atoms with E-state index in [4.69, 9.17) is 0 Å². The van der Waals surface area contributed by atoms with E-state index in [9.17, 15) is 0 Å². The second-order valence-corrected chi connectivity index (χ2v) is 7.20.